The summed E-state index contributed by atoms with van der Waals surface area (Å²) in [5.74, 6) is -0.375. The highest BCUT2D eigenvalue weighted by molar-refractivity contribution is 5.91. The molecule has 0 spiro atoms. The molecule has 3 amide bonds. The van der Waals surface area contributed by atoms with E-state index in [1.54, 1.807) is 16.8 Å². The number of likely N-dealkylation sites (N-methyl/N-ethyl adjacent to an activating group) is 2. The van der Waals surface area contributed by atoms with E-state index >= 15 is 0 Å². The van der Waals surface area contributed by atoms with Crippen molar-refractivity contribution in [1.29, 1.82) is 0 Å². The first kappa shape index (κ1) is 20.0. The van der Waals surface area contributed by atoms with E-state index in [0.717, 1.165) is 0 Å². The summed E-state index contributed by atoms with van der Waals surface area (Å²) < 4.78 is 5.36. The molecule has 1 atom stereocenters. The largest absolute Gasteiger partial charge is 0.444 e. The molecule has 1 aliphatic heterocycles. The van der Waals surface area contributed by atoms with Gasteiger partial charge in [0.05, 0.1) is 12.6 Å². The van der Waals surface area contributed by atoms with Gasteiger partial charge in [-0.25, -0.2) is 4.79 Å². The monoisotopic (exact) mass is 339 g/mol. The molecule has 0 radical (unpaired) electrons. The maximum atomic E-state index is 12.4. The molecule has 0 N–H and O–H groups in total. The van der Waals surface area contributed by atoms with Gasteiger partial charge < -0.3 is 19.4 Å². The van der Waals surface area contributed by atoms with Crippen LogP contribution in [0.5, 0.6) is 0 Å². The van der Waals surface area contributed by atoms with Gasteiger partial charge in [0.2, 0.25) is 11.8 Å². The molecule has 24 heavy (non-hydrogen) atoms. The fourth-order valence-electron chi connectivity index (χ4n) is 2.51. The maximum Gasteiger partial charge on any atom is 0.410 e. The number of ether oxygens (including phenoxy) is 1. The van der Waals surface area contributed by atoms with Crippen LogP contribution in [0.2, 0.25) is 0 Å². The molecule has 7 heteroatoms. The molecule has 136 valence electrons. The zero-order chi connectivity index (χ0) is 18.5. The van der Waals surface area contributed by atoms with Crippen molar-refractivity contribution in [2.24, 2.45) is 0 Å². The Kier molecular flexibility index (Phi) is 6.81. The molecule has 1 aliphatic rings. The SMILES string of the molecule is C=CC(=O)N(CC)CC(=O)N1CCC(N(C)C(=O)OC(C)(C)C)C1. The summed E-state index contributed by atoms with van der Waals surface area (Å²) in [5, 5.41) is 0. The Morgan fingerprint density at radius 1 is 1.33 bits per heavy atom. The Hall–Kier alpha value is -2.05. The van der Waals surface area contributed by atoms with E-state index in [9.17, 15) is 14.4 Å². The quantitative estimate of drug-likeness (QED) is 0.712. The van der Waals surface area contributed by atoms with Crippen molar-refractivity contribution in [2.75, 3.05) is 33.2 Å². The van der Waals surface area contributed by atoms with Crippen LogP contribution in [0.4, 0.5) is 4.79 Å². The molecule has 1 rings (SSSR count). The molecule has 1 fully saturated rings. The number of hydrogen-bond acceptors (Lipinski definition) is 4. The van der Waals surface area contributed by atoms with Crippen LogP contribution in [0.3, 0.4) is 0 Å². The number of carbonyl (C=O) groups is 3. The molecule has 1 saturated heterocycles. The van der Waals surface area contributed by atoms with Crippen molar-refractivity contribution in [1.82, 2.24) is 14.7 Å². The summed E-state index contributed by atoms with van der Waals surface area (Å²) >= 11 is 0. The summed E-state index contributed by atoms with van der Waals surface area (Å²) in [5.41, 5.74) is -0.549. The molecule has 0 aliphatic carbocycles. The van der Waals surface area contributed by atoms with Crippen LogP contribution < -0.4 is 0 Å². The van der Waals surface area contributed by atoms with Crippen LogP contribution in [-0.2, 0) is 14.3 Å². The van der Waals surface area contributed by atoms with Crippen molar-refractivity contribution >= 4 is 17.9 Å². The van der Waals surface area contributed by atoms with Gasteiger partial charge in [0.1, 0.15) is 5.60 Å². The highest BCUT2D eigenvalue weighted by Crippen LogP contribution is 2.18. The molecule has 1 heterocycles. The van der Waals surface area contributed by atoms with Crippen LogP contribution >= 0.6 is 0 Å². The van der Waals surface area contributed by atoms with E-state index in [1.807, 2.05) is 27.7 Å². The third-order valence-corrected chi connectivity index (χ3v) is 3.94. The lowest BCUT2D eigenvalue weighted by Crippen LogP contribution is -2.45. The summed E-state index contributed by atoms with van der Waals surface area (Å²) in [6, 6.07) is -0.0750. The van der Waals surface area contributed by atoms with Crippen LogP contribution in [0.1, 0.15) is 34.1 Å². The summed E-state index contributed by atoms with van der Waals surface area (Å²) in [6.07, 6.45) is 1.52. The second-order valence-corrected chi connectivity index (χ2v) is 6.93. The number of carbonyl (C=O) groups excluding carboxylic acids is 3. The highest BCUT2D eigenvalue weighted by atomic mass is 16.6. The van der Waals surface area contributed by atoms with E-state index in [-0.39, 0.29) is 30.5 Å². The average molecular weight is 339 g/mol. The van der Waals surface area contributed by atoms with Gasteiger partial charge in [-0.1, -0.05) is 6.58 Å². The molecule has 0 aromatic heterocycles. The third kappa shape index (κ3) is 5.54. The molecular weight excluding hydrogens is 310 g/mol. The van der Waals surface area contributed by atoms with E-state index in [1.165, 1.54) is 11.0 Å². The fraction of sp³-hybridized carbons (Fsp3) is 0.706. The van der Waals surface area contributed by atoms with Crippen molar-refractivity contribution in [3.05, 3.63) is 12.7 Å². The molecule has 0 aromatic rings. The van der Waals surface area contributed by atoms with Crippen molar-refractivity contribution in [3.63, 3.8) is 0 Å². The fourth-order valence-corrected chi connectivity index (χ4v) is 2.51. The Bertz CT molecular complexity index is 499. The van der Waals surface area contributed by atoms with Crippen LogP contribution in [0.15, 0.2) is 12.7 Å². The van der Waals surface area contributed by atoms with Crippen LogP contribution in [-0.4, -0.2) is 77.5 Å². The predicted octanol–water partition coefficient (Wildman–Crippen LogP) is 1.49. The zero-order valence-corrected chi connectivity index (χ0v) is 15.4. The van der Waals surface area contributed by atoms with Gasteiger partial charge in [0.15, 0.2) is 0 Å². The Morgan fingerprint density at radius 3 is 2.46 bits per heavy atom. The van der Waals surface area contributed by atoms with Crippen molar-refractivity contribution in [3.8, 4) is 0 Å². The first-order valence-electron chi connectivity index (χ1n) is 8.24. The zero-order valence-electron chi connectivity index (χ0n) is 15.4. The Morgan fingerprint density at radius 2 is 1.96 bits per heavy atom. The van der Waals surface area contributed by atoms with Crippen molar-refractivity contribution < 1.29 is 19.1 Å². The molecule has 0 aromatic carbocycles. The molecule has 7 nitrogen and oxygen atoms in total. The average Bonchev–Trinajstić information content (AvgIpc) is 2.99. The lowest BCUT2D eigenvalue weighted by molar-refractivity contribution is -0.137. The van der Waals surface area contributed by atoms with Gasteiger partial charge in [0.25, 0.3) is 0 Å². The van der Waals surface area contributed by atoms with Gasteiger partial charge in [-0.15, -0.1) is 0 Å². The van der Waals surface area contributed by atoms with Gasteiger partial charge in [0, 0.05) is 26.7 Å². The minimum absolute atomic E-state index is 0.0320. The minimum Gasteiger partial charge on any atom is -0.444 e. The van der Waals surface area contributed by atoms with E-state index < -0.39 is 5.60 Å². The second kappa shape index (κ2) is 8.17. The van der Waals surface area contributed by atoms with Gasteiger partial charge in [-0.3, -0.25) is 9.59 Å². The number of amides is 3. The lowest BCUT2D eigenvalue weighted by atomic mass is 10.2. The highest BCUT2D eigenvalue weighted by Gasteiger charge is 2.33. The number of hydrogen-bond donors (Lipinski definition) is 0. The Balaban J connectivity index is 2.58. The lowest BCUT2D eigenvalue weighted by Gasteiger charge is -2.29. The Labute approximate surface area is 144 Å². The minimum atomic E-state index is -0.549. The van der Waals surface area contributed by atoms with Crippen molar-refractivity contribution in [2.45, 2.75) is 45.8 Å². The molecule has 0 saturated carbocycles. The maximum absolute atomic E-state index is 12.4. The first-order chi connectivity index (χ1) is 11.1. The molecule has 1 unspecified atom stereocenters. The van der Waals surface area contributed by atoms with Gasteiger partial charge >= 0.3 is 6.09 Å². The molecule has 0 bridgehead atoms. The number of rotatable bonds is 5. The van der Waals surface area contributed by atoms with E-state index in [4.69, 9.17) is 4.74 Å². The van der Waals surface area contributed by atoms with E-state index in [2.05, 4.69) is 6.58 Å². The summed E-state index contributed by atoms with van der Waals surface area (Å²) in [6.45, 7) is 12.2. The van der Waals surface area contributed by atoms with E-state index in [0.29, 0.717) is 26.1 Å². The number of nitrogens with zero attached hydrogens (tertiary/aromatic N) is 3. The van der Waals surface area contributed by atoms with Gasteiger partial charge in [-0.05, 0) is 40.2 Å². The van der Waals surface area contributed by atoms with Crippen LogP contribution in [0.25, 0.3) is 0 Å². The van der Waals surface area contributed by atoms with Crippen LogP contribution in [0, 0.1) is 0 Å². The van der Waals surface area contributed by atoms with Gasteiger partial charge in [-0.2, -0.15) is 0 Å². The summed E-state index contributed by atoms with van der Waals surface area (Å²) in [7, 11) is 1.69. The normalized spacial score (nSPS) is 17.4. The smallest absolute Gasteiger partial charge is 0.410 e. The number of likely N-dealkylation sites (tertiary alicyclic amines) is 1. The molecular formula is C17H29N3O4. The standard InChI is InChI=1S/C17H29N3O4/c1-7-14(21)19(8-2)12-15(22)20-10-9-13(11-20)18(6)16(23)24-17(3,4)5/h7,13H,1,8-12H2,2-6H3. The third-order valence-electron chi connectivity index (χ3n) is 3.94. The topological polar surface area (TPSA) is 70.2 Å². The predicted molar refractivity (Wildman–Crippen MR) is 91.4 cm³/mol. The second-order valence-electron chi connectivity index (χ2n) is 6.93. The first-order valence-corrected chi connectivity index (χ1v) is 8.24. The summed E-state index contributed by atoms with van der Waals surface area (Å²) in [4.78, 5) is 40.8.